The molecule has 0 fully saturated rings. The molecule has 0 radical (unpaired) electrons. The third-order valence-corrected chi connectivity index (χ3v) is 6.13. The van der Waals surface area contributed by atoms with E-state index in [0.29, 0.717) is 23.4 Å². The van der Waals surface area contributed by atoms with Crippen LogP contribution in [0.25, 0.3) is 27.5 Å². The summed E-state index contributed by atoms with van der Waals surface area (Å²) in [5.41, 5.74) is 4.17. The lowest BCUT2D eigenvalue weighted by Gasteiger charge is -2.21. The Morgan fingerprint density at radius 1 is 0.943 bits per heavy atom. The highest BCUT2D eigenvalue weighted by Gasteiger charge is 2.17. The van der Waals surface area contributed by atoms with Gasteiger partial charge in [-0.1, -0.05) is 30.3 Å². The number of para-hydroxylation sites is 2. The first kappa shape index (κ1) is 21.0. The summed E-state index contributed by atoms with van der Waals surface area (Å²) in [4.78, 5) is 29.6. The van der Waals surface area contributed by atoms with Gasteiger partial charge in [0.05, 0.1) is 28.7 Å². The second kappa shape index (κ2) is 8.32. The van der Waals surface area contributed by atoms with E-state index < -0.39 is 0 Å². The molecule has 0 spiro atoms. The molecule has 8 nitrogen and oxygen atoms in total. The molecule has 172 valence electrons. The third-order valence-electron chi connectivity index (χ3n) is 6.13. The molecular formula is C27H23N7O. The van der Waals surface area contributed by atoms with Crippen LogP contribution in [0.5, 0.6) is 0 Å². The molecule has 0 unspecified atom stereocenters. The third kappa shape index (κ3) is 3.69. The minimum atomic E-state index is -0.0879. The van der Waals surface area contributed by atoms with Gasteiger partial charge in [-0.15, -0.1) is 0 Å². The molecule has 0 aliphatic heterocycles. The zero-order chi connectivity index (χ0) is 23.9. The summed E-state index contributed by atoms with van der Waals surface area (Å²) in [6.07, 6.45) is 3.62. The normalized spacial score (nSPS) is 11.5. The van der Waals surface area contributed by atoms with Crippen LogP contribution >= 0.6 is 0 Å². The van der Waals surface area contributed by atoms with Gasteiger partial charge in [-0.3, -0.25) is 14.3 Å². The summed E-state index contributed by atoms with van der Waals surface area (Å²) >= 11 is 0. The van der Waals surface area contributed by atoms with Gasteiger partial charge < -0.3 is 4.90 Å². The number of fused-ring (bicyclic) bond motifs is 4. The Hall–Kier alpha value is -4.59. The Labute approximate surface area is 201 Å². The van der Waals surface area contributed by atoms with Gasteiger partial charge in [0.1, 0.15) is 11.5 Å². The number of hydrogen-bond donors (Lipinski definition) is 0. The number of aromatic nitrogens is 6. The van der Waals surface area contributed by atoms with Gasteiger partial charge in [-0.25, -0.2) is 14.5 Å². The summed E-state index contributed by atoms with van der Waals surface area (Å²) in [6, 6.07) is 21.4. The average Bonchev–Trinajstić information content (AvgIpc) is 3.28. The van der Waals surface area contributed by atoms with Crippen molar-refractivity contribution in [2.24, 2.45) is 0 Å². The minimum absolute atomic E-state index is 0.0879. The predicted octanol–water partition coefficient (Wildman–Crippen LogP) is 3.98. The van der Waals surface area contributed by atoms with Crippen LogP contribution in [-0.2, 0) is 13.1 Å². The Kier molecular flexibility index (Phi) is 4.99. The van der Waals surface area contributed by atoms with E-state index in [1.807, 2.05) is 91.4 Å². The van der Waals surface area contributed by atoms with Gasteiger partial charge in [0.15, 0.2) is 5.82 Å². The highest BCUT2D eigenvalue weighted by Crippen LogP contribution is 2.25. The summed E-state index contributed by atoms with van der Waals surface area (Å²) in [5.74, 6) is 1.37. The molecule has 0 aliphatic rings. The van der Waals surface area contributed by atoms with Crippen LogP contribution in [-0.4, -0.2) is 36.2 Å². The molecule has 8 heteroatoms. The van der Waals surface area contributed by atoms with Crippen molar-refractivity contribution in [2.75, 3.05) is 11.9 Å². The van der Waals surface area contributed by atoms with Crippen molar-refractivity contribution >= 4 is 33.3 Å². The Morgan fingerprint density at radius 2 is 1.74 bits per heavy atom. The molecule has 4 heterocycles. The van der Waals surface area contributed by atoms with Crippen molar-refractivity contribution in [3.63, 3.8) is 0 Å². The topological polar surface area (TPSA) is 81.2 Å². The maximum absolute atomic E-state index is 13.5. The number of anilines is 1. The fourth-order valence-electron chi connectivity index (χ4n) is 4.55. The van der Waals surface area contributed by atoms with E-state index in [1.165, 1.54) is 0 Å². The lowest BCUT2D eigenvalue weighted by atomic mass is 10.2. The summed E-state index contributed by atoms with van der Waals surface area (Å²) in [5, 5.41) is 6.20. The van der Waals surface area contributed by atoms with Gasteiger partial charge >= 0.3 is 0 Å². The van der Waals surface area contributed by atoms with Crippen molar-refractivity contribution in [3.8, 4) is 0 Å². The Morgan fingerprint density at radius 3 is 2.57 bits per heavy atom. The van der Waals surface area contributed by atoms with Crippen LogP contribution in [0.2, 0.25) is 0 Å². The van der Waals surface area contributed by atoms with Crippen LogP contribution in [0.15, 0.2) is 83.9 Å². The van der Waals surface area contributed by atoms with E-state index in [2.05, 4.69) is 15.0 Å². The van der Waals surface area contributed by atoms with Gasteiger partial charge in [0, 0.05) is 37.4 Å². The van der Waals surface area contributed by atoms with Gasteiger partial charge in [-0.05, 0) is 42.8 Å². The molecule has 0 bridgehead atoms. The molecule has 0 atom stereocenters. The molecule has 0 saturated heterocycles. The standard InChI is InChI=1S/C27H23N7O/c1-18-14-25-33(27(35)21-10-4-6-12-23(21)34(25)31-18)17-24-29-22-11-5-3-9-20(22)26(30-24)32(2)16-19-8-7-13-28-15-19/h3-15H,16-17H2,1-2H3. The minimum Gasteiger partial charge on any atom is -0.355 e. The summed E-state index contributed by atoms with van der Waals surface area (Å²) in [7, 11) is 2.01. The number of rotatable bonds is 5. The van der Waals surface area contributed by atoms with Crippen molar-refractivity contribution in [1.29, 1.82) is 0 Å². The number of nitrogens with zero attached hydrogens (tertiary/aromatic N) is 7. The smallest absolute Gasteiger partial charge is 0.262 e. The molecule has 0 N–H and O–H groups in total. The van der Waals surface area contributed by atoms with Crippen LogP contribution in [0.3, 0.4) is 0 Å². The van der Waals surface area contributed by atoms with Crippen LogP contribution in [0.4, 0.5) is 5.82 Å². The SMILES string of the molecule is Cc1cc2n(Cc3nc(N(C)Cc4cccnc4)c4ccccc4n3)c(=O)c3ccccc3n2n1. The first-order valence-corrected chi connectivity index (χ1v) is 11.4. The average molecular weight is 462 g/mol. The van der Waals surface area contributed by atoms with E-state index in [-0.39, 0.29) is 12.1 Å². The maximum Gasteiger partial charge on any atom is 0.262 e. The predicted molar refractivity (Wildman–Crippen MR) is 137 cm³/mol. The fraction of sp³-hybridized carbons (Fsp3) is 0.148. The zero-order valence-corrected chi connectivity index (χ0v) is 19.5. The quantitative estimate of drug-likeness (QED) is 0.386. The van der Waals surface area contributed by atoms with E-state index in [9.17, 15) is 4.79 Å². The van der Waals surface area contributed by atoms with Gasteiger partial charge in [-0.2, -0.15) is 5.10 Å². The molecule has 0 amide bonds. The molecule has 2 aromatic carbocycles. The second-order valence-corrected chi connectivity index (χ2v) is 8.66. The van der Waals surface area contributed by atoms with Crippen LogP contribution in [0, 0.1) is 6.92 Å². The number of aryl methyl sites for hydroxylation is 1. The first-order chi connectivity index (χ1) is 17.1. The Balaban J connectivity index is 1.50. The lowest BCUT2D eigenvalue weighted by molar-refractivity contribution is 0.724. The number of hydrogen-bond acceptors (Lipinski definition) is 6. The van der Waals surface area contributed by atoms with Crippen molar-refractivity contribution in [1.82, 2.24) is 29.1 Å². The van der Waals surface area contributed by atoms with Crippen molar-refractivity contribution < 1.29 is 0 Å². The molecule has 35 heavy (non-hydrogen) atoms. The second-order valence-electron chi connectivity index (χ2n) is 8.66. The van der Waals surface area contributed by atoms with Crippen molar-refractivity contribution in [2.45, 2.75) is 20.0 Å². The lowest BCUT2D eigenvalue weighted by Crippen LogP contribution is -2.25. The zero-order valence-electron chi connectivity index (χ0n) is 19.5. The summed E-state index contributed by atoms with van der Waals surface area (Å²) in [6.45, 7) is 2.81. The fourth-order valence-corrected chi connectivity index (χ4v) is 4.55. The highest BCUT2D eigenvalue weighted by atomic mass is 16.1. The van der Waals surface area contributed by atoms with E-state index in [1.54, 1.807) is 10.8 Å². The van der Waals surface area contributed by atoms with E-state index in [0.717, 1.165) is 33.5 Å². The molecule has 6 rings (SSSR count). The molecule has 6 aromatic rings. The largest absolute Gasteiger partial charge is 0.355 e. The van der Waals surface area contributed by atoms with E-state index in [4.69, 9.17) is 9.97 Å². The maximum atomic E-state index is 13.5. The number of benzene rings is 2. The summed E-state index contributed by atoms with van der Waals surface area (Å²) < 4.78 is 3.53. The molecular weight excluding hydrogens is 438 g/mol. The monoisotopic (exact) mass is 461 g/mol. The van der Waals surface area contributed by atoms with Crippen molar-refractivity contribution in [3.05, 3.63) is 107 Å². The molecule has 4 aromatic heterocycles. The van der Waals surface area contributed by atoms with Gasteiger partial charge in [0.25, 0.3) is 5.56 Å². The van der Waals surface area contributed by atoms with Gasteiger partial charge in [0.2, 0.25) is 0 Å². The molecule has 0 saturated carbocycles. The Bertz CT molecular complexity index is 1760. The van der Waals surface area contributed by atoms with E-state index >= 15 is 0 Å². The molecule has 0 aliphatic carbocycles. The van der Waals surface area contributed by atoms with Crippen LogP contribution < -0.4 is 10.5 Å². The highest BCUT2D eigenvalue weighted by molar-refractivity contribution is 5.89. The van der Waals surface area contributed by atoms with Crippen LogP contribution in [0.1, 0.15) is 17.1 Å². The first-order valence-electron chi connectivity index (χ1n) is 11.4. The number of pyridine rings is 1.